The van der Waals surface area contributed by atoms with Crippen molar-refractivity contribution in [3.63, 3.8) is 0 Å². The second-order valence-electron chi connectivity index (χ2n) is 4.32. The maximum atomic E-state index is 11.6. The van der Waals surface area contributed by atoms with Crippen LogP contribution in [-0.4, -0.2) is 24.9 Å². The number of hydrogen-bond acceptors (Lipinski definition) is 1. The van der Waals surface area contributed by atoms with E-state index in [4.69, 9.17) is 0 Å². The summed E-state index contributed by atoms with van der Waals surface area (Å²) in [6.45, 7) is 4.42. The van der Waals surface area contributed by atoms with Crippen LogP contribution >= 0.6 is 0 Å². The minimum Gasteiger partial charge on any atom is -0.349 e. The van der Waals surface area contributed by atoms with Crippen molar-refractivity contribution in [2.75, 3.05) is 14.1 Å². The normalized spacial score (nSPS) is 28.4. The van der Waals surface area contributed by atoms with Gasteiger partial charge in [0.05, 0.1) is 0 Å². The maximum absolute atomic E-state index is 11.6. The van der Waals surface area contributed by atoms with Gasteiger partial charge in [-0.25, -0.2) is 0 Å². The lowest BCUT2D eigenvalue weighted by molar-refractivity contribution is -0.139. The van der Waals surface area contributed by atoms with Gasteiger partial charge in [-0.15, -0.1) is 0 Å². The molecule has 0 aliphatic heterocycles. The first kappa shape index (κ1) is 9.56. The summed E-state index contributed by atoms with van der Waals surface area (Å²) in [5.74, 6) is 1.94. The van der Waals surface area contributed by atoms with Gasteiger partial charge in [-0.3, -0.25) is 4.79 Å². The average molecular weight is 169 g/mol. The Labute approximate surface area is 74.9 Å². The molecular formula is C10H19NO. The molecule has 0 heterocycles. The third-order valence-corrected chi connectivity index (χ3v) is 2.94. The van der Waals surface area contributed by atoms with Crippen molar-refractivity contribution in [1.29, 1.82) is 0 Å². The lowest BCUT2D eigenvalue weighted by Crippen LogP contribution is -2.42. The predicted octanol–water partition coefficient (Wildman–Crippen LogP) is 1.76. The Balaban J connectivity index is 2.49. The molecule has 2 atom stereocenters. The highest BCUT2D eigenvalue weighted by Crippen LogP contribution is 2.40. The summed E-state index contributed by atoms with van der Waals surface area (Å²) in [7, 11) is 3.69. The zero-order chi connectivity index (χ0) is 9.30. The average Bonchev–Trinajstić information content (AvgIpc) is 1.82. The molecule has 1 aliphatic carbocycles. The van der Waals surface area contributed by atoms with E-state index in [0.29, 0.717) is 23.7 Å². The molecule has 1 saturated carbocycles. The second-order valence-corrected chi connectivity index (χ2v) is 4.32. The van der Waals surface area contributed by atoms with E-state index in [2.05, 4.69) is 13.8 Å². The quantitative estimate of drug-likeness (QED) is 0.617. The highest BCUT2D eigenvalue weighted by Gasteiger charge is 2.38. The molecule has 0 bridgehead atoms. The van der Waals surface area contributed by atoms with Crippen LogP contribution in [0, 0.1) is 17.8 Å². The van der Waals surface area contributed by atoms with Gasteiger partial charge in [0, 0.05) is 20.0 Å². The van der Waals surface area contributed by atoms with Crippen LogP contribution in [0.25, 0.3) is 0 Å². The molecule has 0 saturated heterocycles. The Hall–Kier alpha value is -0.530. The molecule has 1 rings (SSSR count). The molecule has 1 aliphatic rings. The predicted molar refractivity (Wildman–Crippen MR) is 49.7 cm³/mol. The number of carbonyl (C=O) groups excluding carboxylic acids is 1. The molecule has 12 heavy (non-hydrogen) atoms. The fourth-order valence-electron chi connectivity index (χ4n) is 1.96. The Morgan fingerprint density at radius 1 is 1.33 bits per heavy atom. The standard InChI is InChI=1S/C10H19NO/c1-7(2)8-5-6-9(8)10(12)11(3)4/h7-9H,5-6H2,1-4H3/t8-,9-/m0/s1. The highest BCUT2D eigenvalue weighted by atomic mass is 16.2. The van der Waals surface area contributed by atoms with E-state index in [1.54, 1.807) is 4.90 Å². The smallest absolute Gasteiger partial charge is 0.225 e. The summed E-state index contributed by atoms with van der Waals surface area (Å²) in [6, 6.07) is 0. The molecule has 2 nitrogen and oxygen atoms in total. The number of amides is 1. The zero-order valence-corrected chi connectivity index (χ0v) is 8.50. The van der Waals surface area contributed by atoms with Gasteiger partial charge in [-0.1, -0.05) is 13.8 Å². The molecule has 1 fully saturated rings. The monoisotopic (exact) mass is 169 g/mol. The molecular weight excluding hydrogens is 150 g/mol. The van der Waals surface area contributed by atoms with Crippen molar-refractivity contribution in [3.8, 4) is 0 Å². The lowest BCUT2D eigenvalue weighted by Gasteiger charge is -2.39. The van der Waals surface area contributed by atoms with Crippen LogP contribution in [0.3, 0.4) is 0 Å². The van der Waals surface area contributed by atoms with Gasteiger partial charge in [0.25, 0.3) is 0 Å². The van der Waals surface area contributed by atoms with Crippen LogP contribution in [-0.2, 0) is 4.79 Å². The summed E-state index contributed by atoms with van der Waals surface area (Å²) in [5.41, 5.74) is 0. The summed E-state index contributed by atoms with van der Waals surface area (Å²) < 4.78 is 0. The first-order valence-electron chi connectivity index (χ1n) is 4.75. The first-order valence-corrected chi connectivity index (χ1v) is 4.75. The van der Waals surface area contributed by atoms with Gasteiger partial charge < -0.3 is 4.90 Å². The van der Waals surface area contributed by atoms with E-state index in [9.17, 15) is 4.79 Å². The second kappa shape index (κ2) is 3.46. The van der Waals surface area contributed by atoms with Crippen molar-refractivity contribution in [2.24, 2.45) is 17.8 Å². The van der Waals surface area contributed by atoms with E-state index in [-0.39, 0.29) is 0 Å². The number of carbonyl (C=O) groups is 1. The molecule has 0 spiro atoms. The number of nitrogens with zero attached hydrogens (tertiary/aromatic N) is 1. The SMILES string of the molecule is CC(C)[C@@H]1CC[C@@H]1C(=O)N(C)C. The number of hydrogen-bond donors (Lipinski definition) is 0. The maximum Gasteiger partial charge on any atom is 0.225 e. The first-order chi connectivity index (χ1) is 5.54. The summed E-state index contributed by atoms with van der Waals surface area (Å²) >= 11 is 0. The van der Waals surface area contributed by atoms with Crippen LogP contribution < -0.4 is 0 Å². The van der Waals surface area contributed by atoms with Gasteiger partial charge in [-0.2, -0.15) is 0 Å². The zero-order valence-electron chi connectivity index (χ0n) is 8.50. The lowest BCUT2D eigenvalue weighted by atomic mass is 9.67. The molecule has 2 heteroatoms. The van der Waals surface area contributed by atoms with Crippen molar-refractivity contribution in [1.82, 2.24) is 4.90 Å². The topological polar surface area (TPSA) is 20.3 Å². The molecule has 0 aromatic rings. The Morgan fingerprint density at radius 2 is 1.92 bits per heavy atom. The van der Waals surface area contributed by atoms with Crippen LogP contribution in [0.2, 0.25) is 0 Å². The van der Waals surface area contributed by atoms with Gasteiger partial charge in [0.2, 0.25) is 5.91 Å². The Morgan fingerprint density at radius 3 is 2.17 bits per heavy atom. The number of rotatable bonds is 2. The van der Waals surface area contributed by atoms with E-state index < -0.39 is 0 Å². The fraction of sp³-hybridized carbons (Fsp3) is 0.900. The van der Waals surface area contributed by atoms with Crippen molar-refractivity contribution >= 4 is 5.91 Å². The third kappa shape index (κ3) is 1.62. The molecule has 0 radical (unpaired) electrons. The molecule has 0 aromatic carbocycles. The highest BCUT2D eigenvalue weighted by molar-refractivity contribution is 5.79. The van der Waals surface area contributed by atoms with Crippen molar-refractivity contribution in [2.45, 2.75) is 26.7 Å². The van der Waals surface area contributed by atoms with Gasteiger partial charge in [-0.05, 0) is 24.7 Å². The minimum absolute atomic E-state index is 0.319. The van der Waals surface area contributed by atoms with E-state index >= 15 is 0 Å². The van der Waals surface area contributed by atoms with Crippen LogP contribution in [0.5, 0.6) is 0 Å². The van der Waals surface area contributed by atoms with Crippen molar-refractivity contribution < 1.29 is 4.79 Å². The largest absolute Gasteiger partial charge is 0.349 e. The van der Waals surface area contributed by atoms with Gasteiger partial charge in [0.1, 0.15) is 0 Å². The van der Waals surface area contributed by atoms with Crippen LogP contribution in [0.1, 0.15) is 26.7 Å². The Kier molecular flexibility index (Phi) is 2.76. The molecule has 0 aromatic heterocycles. The fourth-order valence-corrected chi connectivity index (χ4v) is 1.96. The van der Waals surface area contributed by atoms with Crippen LogP contribution in [0.15, 0.2) is 0 Å². The summed E-state index contributed by atoms with van der Waals surface area (Å²) in [5, 5.41) is 0. The third-order valence-electron chi connectivity index (χ3n) is 2.94. The molecule has 1 amide bonds. The van der Waals surface area contributed by atoms with Crippen LogP contribution in [0.4, 0.5) is 0 Å². The molecule has 70 valence electrons. The van der Waals surface area contributed by atoms with Gasteiger partial charge in [0.15, 0.2) is 0 Å². The van der Waals surface area contributed by atoms with Crippen molar-refractivity contribution in [3.05, 3.63) is 0 Å². The molecule has 0 unspecified atom stereocenters. The molecule has 0 N–H and O–H groups in total. The minimum atomic E-state index is 0.319. The van der Waals surface area contributed by atoms with E-state index in [1.807, 2.05) is 14.1 Å². The van der Waals surface area contributed by atoms with Gasteiger partial charge >= 0.3 is 0 Å². The Bertz CT molecular complexity index is 175. The van der Waals surface area contributed by atoms with E-state index in [1.165, 1.54) is 6.42 Å². The summed E-state index contributed by atoms with van der Waals surface area (Å²) in [4.78, 5) is 13.3. The summed E-state index contributed by atoms with van der Waals surface area (Å²) in [6.07, 6.45) is 2.34. The van der Waals surface area contributed by atoms with E-state index in [0.717, 1.165) is 6.42 Å².